The van der Waals surface area contributed by atoms with Gasteiger partial charge in [-0.2, -0.15) is 0 Å². The summed E-state index contributed by atoms with van der Waals surface area (Å²) >= 11 is 5.48. The molecule has 6 nitrogen and oxygen atoms in total. The van der Waals surface area contributed by atoms with Crippen LogP contribution in [0.2, 0.25) is 5.02 Å². The van der Waals surface area contributed by atoms with Gasteiger partial charge in [0.25, 0.3) is 0 Å². The number of halogens is 2. The van der Waals surface area contributed by atoms with Crippen molar-refractivity contribution in [3.8, 4) is 0 Å². The van der Waals surface area contributed by atoms with E-state index < -0.39 is 28.4 Å². The molecule has 0 amide bonds. The van der Waals surface area contributed by atoms with E-state index in [0.717, 1.165) is 18.2 Å². The zero-order valence-electron chi connectivity index (χ0n) is 9.60. The highest BCUT2D eigenvalue weighted by Crippen LogP contribution is 2.19. The Labute approximate surface area is 114 Å². The van der Waals surface area contributed by atoms with Gasteiger partial charge in [-0.05, 0) is 18.2 Å². The number of carbonyl (C=O) groups is 1. The van der Waals surface area contributed by atoms with Crippen LogP contribution in [-0.4, -0.2) is 39.3 Å². The zero-order chi connectivity index (χ0) is 14.5. The van der Waals surface area contributed by atoms with Crippen molar-refractivity contribution in [1.29, 1.82) is 0 Å². The first kappa shape index (κ1) is 15.8. The maximum Gasteiger partial charge on any atom is 0.329 e. The van der Waals surface area contributed by atoms with E-state index in [1.54, 1.807) is 0 Å². The Balaban J connectivity index is 2.56. The highest BCUT2D eigenvalue weighted by atomic mass is 35.5. The van der Waals surface area contributed by atoms with Crippen LogP contribution < -0.4 is 4.72 Å². The Morgan fingerprint density at radius 2 is 2.16 bits per heavy atom. The molecular formula is C10H11ClFNO5S. The summed E-state index contributed by atoms with van der Waals surface area (Å²) in [5, 5.41) is 7.99. The average Bonchev–Trinajstić information content (AvgIpc) is 2.31. The van der Waals surface area contributed by atoms with Gasteiger partial charge in [0, 0.05) is 6.54 Å². The van der Waals surface area contributed by atoms with Gasteiger partial charge >= 0.3 is 5.97 Å². The maximum absolute atomic E-state index is 12.9. The molecule has 19 heavy (non-hydrogen) atoms. The fraction of sp³-hybridized carbons (Fsp3) is 0.300. The SMILES string of the molecule is O=C(O)COCCNS(=O)(=O)c1ccc(F)c(Cl)c1. The van der Waals surface area contributed by atoms with Gasteiger partial charge in [0.15, 0.2) is 0 Å². The van der Waals surface area contributed by atoms with Crippen LogP contribution in [0, 0.1) is 5.82 Å². The van der Waals surface area contributed by atoms with Crippen LogP contribution in [0.5, 0.6) is 0 Å². The van der Waals surface area contributed by atoms with Gasteiger partial charge in [-0.15, -0.1) is 0 Å². The van der Waals surface area contributed by atoms with E-state index in [2.05, 4.69) is 9.46 Å². The third-order valence-corrected chi connectivity index (χ3v) is 3.71. The smallest absolute Gasteiger partial charge is 0.329 e. The van der Waals surface area contributed by atoms with Crippen molar-refractivity contribution in [3.05, 3.63) is 29.0 Å². The molecule has 0 spiro atoms. The van der Waals surface area contributed by atoms with E-state index in [-0.39, 0.29) is 23.1 Å². The molecule has 0 aliphatic carbocycles. The van der Waals surface area contributed by atoms with Crippen LogP contribution in [0.25, 0.3) is 0 Å². The highest BCUT2D eigenvalue weighted by molar-refractivity contribution is 7.89. The summed E-state index contributed by atoms with van der Waals surface area (Å²) < 4.78 is 43.2. The summed E-state index contributed by atoms with van der Waals surface area (Å²) in [6, 6.07) is 3.00. The van der Waals surface area contributed by atoms with Crippen molar-refractivity contribution in [1.82, 2.24) is 4.72 Å². The molecule has 0 radical (unpaired) electrons. The molecule has 0 aliphatic heterocycles. The largest absolute Gasteiger partial charge is 0.480 e. The van der Waals surface area contributed by atoms with Crippen LogP contribution in [0.1, 0.15) is 0 Å². The van der Waals surface area contributed by atoms with E-state index >= 15 is 0 Å². The van der Waals surface area contributed by atoms with E-state index in [0.29, 0.717) is 0 Å². The van der Waals surface area contributed by atoms with Crippen molar-refractivity contribution in [2.75, 3.05) is 19.8 Å². The molecule has 1 aromatic carbocycles. The van der Waals surface area contributed by atoms with Crippen LogP contribution in [0.4, 0.5) is 4.39 Å². The molecule has 0 unspecified atom stereocenters. The quantitative estimate of drug-likeness (QED) is 0.729. The number of carboxylic acids is 1. The number of hydrogen-bond donors (Lipinski definition) is 2. The number of benzene rings is 1. The molecule has 0 saturated heterocycles. The van der Waals surface area contributed by atoms with Crippen molar-refractivity contribution in [2.24, 2.45) is 0 Å². The molecular weight excluding hydrogens is 301 g/mol. The van der Waals surface area contributed by atoms with Crippen LogP contribution >= 0.6 is 11.6 Å². The lowest BCUT2D eigenvalue weighted by Gasteiger charge is -2.07. The molecule has 0 saturated carbocycles. The normalized spacial score (nSPS) is 11.5. The fourth-order valence-electron chi connectivity index (χ4n) is 1.14. The summed E-state index contributed by atoms with van der Waals surface area (Å²) in [5.41, 5.74) is 0. The second kappa shape index (κ2) is 6.80. The van der Waals surface area contributed by atoms with Crippen molar-refractivity contribution < 1.29 is 27.4 Å². The molecule has 1 aromatic rings. The number of nitrogens with one attached hydrogen (secondary N) is 1. The summed E-state index contributed by atoms with van der Waals surface area (Å²) in [6.45, 7) is -0.713. The first-order valence-corrected chi connectivity index (χ1v) is 6.93. The highest BCUT2D eigenvalue weighted by Gasteiger charge is 2.15. The number of rotatable bonds is 7. The van der Waals surface area contributed by atoms with Crippen molar-refractivity contribution >= 4 is 27.6 Å². The monoisotopic (exact) mass is 311 g/mol. The first-order valence-electron chi connectivity index (χ1n) is 5.07. The molecule has 0 heterocycles. The number of aliphatic carboxylic acids is 1. The summed E-state index contributed by atoms with van der Waals surface area (Å²) in [6.07, 6.45) is 0. The number of carboxylic acid groups (broad SMARTS) is 1. The Bertz CT molecular complexity index is 563. The van der Waals surface area contributed by atoms with E-state index in [4.69, 9.17) is 16.7 Å². The first-order chi connectivity index (χ1) is 8.83. The lowest BCUT2D eigenvalue weighted by Crippen LogP contribution is -2.28. The van der Waals surface area contributed by atoms with E-state index in [9.17, 15) is 17.6 Å². The summed E-state index contributed by atoms with van der Waals surface area (Å²) in [5.74, 6) is -1.86. The molecule has 0 aromatic heterocycles. The van der Waals surface area contributed by atoms with Gasteiger partial charge in [-0.25, -0.2) is 22.3 Å². The maximum atomic E-state index is 12.9. The third-order valence-electron chi connectivity index (χ3n) is 1.97. The molecule has 0 atom stereocenters. The van der Waals surface area contributed by atoms with Gasteiger partial charge < -0.3 is 9.84 Å². The predicted octanol–water partition coefficient (Wildman–Crippen LogP) is 0.859. The second-order valence-electron chi connectivity index (χ2n) is 3.42. The Morgan fingerprint density at radius 3 is 2.74 bits per heavy atom. The second-order valence-corrected chi connectivity index (χ2v) is 5.59. The number of ether oxygens (including phenoxy) is 1. The molecule has 0 bridgehead atoms. The van der Waals surface area contributed by atoms with Crippen LogP contribution in [0.3, 0.4) is 0 Å². The van der Waals surface area contributed by atoms with E-state index in [1.165, 1.54) is 0 Å². The zero-order valence-corrected chi connectivity index (χ0v) is 11.2. The van der Waals surface area contributed by atoms with Crippen LogP contribution in [0.15, 0.2) is 23.1 Å². The molecule has 2 N–H and O–H groups in total. The Morgan fingerprint density at radius 1 is 1.47 bits per heavy atom. The van der Waals surface area contributed by atoms with Gasteiger partial charge in [0.1, 0.15) is 12.4 Å². The Kier molecular flexibility index (Phi) is 5.67. The van der Waals surface area contributed by atoms with Gasteiger partial charge in [-0.1, -0.05) is 11.6 Å². The lowest BCUT2D eigenvalue weighted by atomic mass is 10.3. The minimum Gasteiger partial charge on any atom is -0.480 e. The topological polar surface area (TPSA) is 92.7 Å². The fourth-order valence-corrected chi connectivity index (χ4v) is 2.42. The van der Waals surface area contributed by atoms with E-state index in [1.807, 2.05) is 0 Å². The van der Waals surface area contributed by atoms with Crippen molar-refractivity contribution in [3.63, 3.8) is 0 Å². The molecule has 106 valence electrons. The molecule has 9 heteroatoms. The number of hydrogen-bond acceptors (Lipinski definition) is 4. The summed E-state index contributed by atoms with van der Waals surface area (Å²) in [7, 11) is -3.83. The standard InChI is InChI=1S/C10H11ClFNO5S/c11-8-5-7(1-2-9(8)12)19(16,17)13-3-4-18-6-10(14)15/h1-2,5,13H,3-4,6H2,(H,14,15). The lowest BCUT2D eigenvalue weighted by molar-refractivity contribution is -0.142. The van der Waals surface area contributed by atoms with Crippen molar-refractivity contribution in [2.45, 2.75) is 4.90 Å². The van der Waals surface area contributed by atoms with Gasteiger partial charge in [-0.3, -0.25) is 0 Å². The summed E-state index contributed by atoms with van der Waals surface area (Å²) in [4.78, 5) is 9.95. The third kappa shape index (κ3) is 5.11. The molecule has 0 aliphatic rings. The molecule has 1 rings (SSSR count). The minimum absolute atomic E-state index is 0.0968. The van der Waals surface area contributed by atoms with Crippen LogP contribution in [-0.2, 0) is 19.6 Å². The Hall–Kier alpha value is -1.22. The average molecular weight is 312 g/mol. The van der Waals surface area contributed by atoms with Gasteiger partial charge in [0.2, 0.25) is 10.0 Å². The van der Waals surface area contributed by atoms with Gasteiger partial charge in [0.05, 0.1) is 16.5 Å². The minimum atomic E-state index is -3.83. The predicted molar refractivity (Wildman–Crippen MR) is 65.1 cm³/mol. The molecule has 0 fully saturated rings. The number of sulfonamides is 1.